The summed E-state index contributed by atoms with van der Waals surface area (Å²) in [6.07, 6.45) is 0. The number of halogens is 2. The minimum atomic E-state index is -1.31. The van der Waals surface area contributed by atoms with Gasteiger partial charge in [-0.2, -0.15) is 5.10 Å². The Bertz CT molecular complexity index is 1120. The first-order valence-electron chi connectivity index (χ1n) is 9.70. The molecule has 0 spiro atoms. The number of aromatic hydroxyl groups is 1. The van der Waals surface area contributed by atoms with Crippen LogP contribution in [0.3, 0.4) is 0 Å². The van der Waals surface area contributed by atoms with Gasteiger partial charge in [0.25, 0.3) is 5.91 Å². The summed E-state index contributed by atoms with van der Waals surface area (Å²) in [5.41, 5.74) is 0.0347. The number of benzene rings is 1. The number of guanidine groups is 1. The van der Waals surface area contributed by atoms with Crippen molar-refractivity contribution < 1.29 is 24.6 Å². The Morgan fingerprint density at radius 1 is 1.24 bits per heavy atom. The number of aliphatic carboxylic acids is 1. The molecule has 0 aliphatic carbocycles. The van der Waals surface area contributed by atoms with Crippen LogP contribution in [0.2, 0.25) is 10.0 Å². The maximum absolute atomic E-state index is 12.3. The molecule has 0 saturated carbocycles. The molecule has 0 saturated heterocycles. The third-order valence-electron chi connectivity index (χ3n) is 4.68. The molecule has 0 bridgehead atoms. The summed E-state index contributed by atoms with van der Waals surface area (Å²) in [4.78, 5) is 40.4. The highest BCUT2D eigenvalue weighted by Gasteiger charge is 2.26. The lowest BCUT2D eigenvalue weighted by Crippen LogP contribution is -2.39. The standard InChI is InChI=1S/C19H21Cl2N7O5/c1-28-14(26-19-22-2-3-23-19)6-13(27-28)17(31)25-8-15(29)24-7-11(18(32)33)10-4-9(20)5-12(21)16(10)30/h4-6,11,30H,2-3,7-8H2,1H3,(H,24,29)(H,25,31)(H,32,33)(H2,22,23,26). The van der Waals surface area contributed by atoms with Crippen LogP contribution < -0.4 is 21.3 Å². The van der Waals surface area contributed by atoms with Crippen molar-refractivity contribution in [3.63, 3.8) is 0 Å². The van der Waals surface area contributed by atoms with Crippen molar-refractivity contribution in [3.05, 3.63) is 39.5 Å². The second-order valence-corrected chi connectivity index (χ2v) is 7.87. The number of aryl methyl sites for hydroxylation is 1. The normalized spacial score (nSPS) is 13.6. The number of hydrogen-bond donors (Lipinski definition) is 6. The van der Waals surface area contributed by atoms with E-state index in [0.717, 1.165) is 6.54 Å². The van der Waals surface area contributed by atoms with E-state index in [1.807, 2.05) is 0 Å². The van der Waals surface area contributed by atoms with Gasteiger partial charge < -0.3 is 31.5 Å². The van der Waals surface area contributed by atoms with Crippen molar-refractivity contribution in [2.24, 2.45) is 12.0 Å². The highest BCUT2D eigenvalue weighted by atomic mass is 35.5. The second-order valence-electron chi connectivity index (χ2n) is 7.02. The Morgan fingerprint density at radius 3 is 2.67 bits per heavy atom. The fourth-order valence-corrected chi connectivity index (χ4v) is 3.52. The van der Waals surface area contributed by atoms with E-state index in [0.29, 0.717) is 18.3 Å². The van der Waals surface area contributed by atoms with Gasteiger partial charge in [0.15, 0.2) is 11.7 Å². The summed E-state index contributed by atoms with van der Waals surface area (Å²) in [6, 6.07) is 4.03. The average Bonchev–Trinajstić information content (AvgIpc) is 3.39. The molecule has 6 N–H and O–H groups in total. The van der Waals surface area contributed by atoms with Crippen LogP contribution in [0.1, 0.15) is 22.0 Å². The summed E-state index contributed by atoms with van der Waals surface area (Å²) in [5, 5.41) is 34.6. The number of aliphatic imine (C=N–C) groups is 1. The zero-order valence-corrected chi connectivity index (χ0v) is 18.9. The first-order valence-corrected chi connectivity index (χ1v) is 10.5. The van der Waals surface area contributed by atoms with Crippen molar-refractivity contribution in [1.29, 1.82) is 0 Å². The van der Waals surface area contributed by atoms with Crippen molar-refractivity contribution in [2.45, 2.75) is 5.92 Å². The van der Waals surface area contributed by atoms with Gasteiger partial charge >= 0.3 is 5.97 Å². The number of phenols is 1. The highest BCUT2D eigenvalue weighted by molar-refractivity contribution is 6.35. The number of rotatable bonds is 8. The lowest BCUT2D eigenvalue weighted by Gasteiger charge is -2.16. The first kappa shape index (κ1) is 24.1. The Kier molecular flexibility index (Phi) is 7.61. The first-order chi connectivity index (χ1) is 15.7. The molecule has 12 nitrogen and oxygen atoms in total. The van der Waals surface area contributed by atoms with E-state index in [1.165, 1.54) is 22.9 Å². The highest BCUT2D eigenvalue weighted by Crippen LogP contribution is 2.35. The number of carboxylic acids is 1. The molecule has 1 aromatic carbocycles. The van der Waals surface area contributed by atoms with Crippen molar-refractivity contribution >= 4 is 52.8 Å². The van der Waals surface area contributed by atoms with Gasteiger partial charge in [0.1, 0.15) is 17.5 Å². The monoisotopic (exact) mass is 497 g/mol. The number of carboxylic acid groups (broad SMARTS) is 1. The number of phenolic OH excluding ortho intramolecular Hbond substituents is 1. The molecule has 2 aromatic rings. The summed E-state index contributed by atoms with van der Waals surface area (Å²) in [7, 11) is 1.64. The Labute approximate surface area is 198 Å². The molecular weight excluding hydrogens is 477 g/mol. The van der Waals surface area contributed by atoms with E-state index in [-0.39, 0.29) is 27.8 Å². The second kappa shape index (κ2) is 10.4. The summed E-state index contributed by atoms with van der Waals surface area (Å²) < 4.78 is 1.46. The van der Waals surface area contributed by atoms with Gasteiger partial charge in [0, 0.05) is 36.8 Å². The van der Waals surface area contributed by atoms with Gasteiger partial charge in [-0.3, -0.25) is 24.1 Å². The SMILES string of the molecule is Cn1nc(C(=O)NCC(=O)NCC(C(=O)O)c2cc(Cl)cc(Cl)c2O)cc1NC1=NCCN1. The third-order valence-corrected chi connectivity index (χ3v) is 5.18. The molecule has 1 unspecified atom stereocenters. The predicted molar refractivity (Wildman–Crippen MR) is 121 cm³/mol. The van der Waals surface area contributed by atoms with Gasteiger partial charge in [0.2, 0.25) is 5.91 Å². The fraction of sp³-hybridized carbons (Fsp3) is 0.316. The number of aromatic nitrogens is 2. The van der Waals surface area contributed by atoms with Crippen molar-refractivity contribution in [1.82, 2.24) is 25.7 Å². The summed E-state index contributed by atoms with van der Waals surface area (Å²) in [5.74, 6) is -3.17. The van der Waals surface area contributed by atoms with Gasteiger partial charge in [0.05, 0.1) is 18.1 Å². The van der Waals surface area contributed by atoms with E-state index in [4.69, 9.17) is 23.2 Å². The number of nitrogens with one attached hydrogen (secondary N) is 4. The van der Waals surface area contributed by atoms with E-state index in [2.05, 4.69) is 31.4 Å². The van der Waals surface area contributed by atoms with Crippen molar-refractivity contribution in [3.8, 4) is 5.75 Å². The fourth-order valence-electron chi connectivity index (χ4n) is 3.01. The largest absolute Gasteiger partial charge is 0.506 e. The molecule has 176 valence electrons. The van der Waals surface area contributed by atoms with Gasteiger partial charge in [-0.1, -0.05) is 23.2 Å². The Balaban J connectivity index is 1.55. The Morgan fingerprint density at radius 2 is 2.00 bits per heavy atom. The molecule has 0 fully saturated rings. The Hall–Kier alpha value is -3.51. The molecule has 1 aliphatic rings. The van der Waals surface area contributed by atoms with E-state index in [1.54, 1.807) is 7.05 Å². The van der Waals surface area contributed by atoms with Crippen LogP contribution in [-0.4, -0.2) is 69.9 Å². The number of nitrogens with zero attached hydrogens (tertiary/aromatic N) is 3. The molecule has 2 heterocycles. The van der Waals surface area contributed by atoms with E-state index in [9.17, 15) is 24.6 Å². The molecule has 2 amide bonds. The van der Waals surface area contributed by atoms with Crippen LogP contribution in [0.25, 0.3) is 0 Å². The molecule has 14 heteroatoms. The van der Waals surface area contributed by atoms with Crippen molar-refractivity contribution in [2.75, 3.05) is 31.5 Å². The minimum Gasteiger partial charge on any atom is -0.506 e. The number of carbonyl (C=O) groups is 3. The molecule has 3 rings (SSSR count). The van der Waals surface area contributed by atoms with E-state index >= 15 is 0 Å². The van der Waals surface area contributed by atoms with Crippen LogP contribution >= 0.6 is 23.2 Å². The van der Waals surface area contributed by atoms with Gasteiger partial charge in [-0.25, -0.2) is 0 Å². The molecule has 33 heavy (non-hydrogen) atoms. The maximum atomic E-state index is 12.3. The molecular formula is C19H21Cl2N7O5. The predicted octanol–water partition coefficient (Wildman–Crippen LogP) is 0.518. The summed E-state index contributed by atoms with van der Waals surface area (Å²) in [6.45, 7) is 0.590. The topological polar surface area (TPSA) is 170 Å². The number of carbonyl (C=O) groups excluding carboxylic acids is 2. The van der Waals surface area contributed by atoms with Crippen LogP contribution in [0, 0.1) is 0 Å². The third kappa shape index (κ3) is 6.05. The minimum absolute atomic E-state index is 0.0424. The van der Waals surface area contributed by atoms with Gasteiger partial charge in [-0.15, -0.1) is 0 Å². The zero-order valence-electron chi connectivity index (χ0n) is 17.4. The molecule has 1 atom stereocenters. The average molecular weight is 498 g/mol. The molecule has 0 radical (unpaired) electrons. The van der Waals surface area contributed by atoms with Gasteiger partial charge in [-0.05, 0) is 12.1 Å². The molecule has 1 aromatic heterocycles. The number of hydrogen-bond acceptors (Lipinski definition) is 8. The summed E-state index contributed by atoms with van der Waals surface area (Å²) >= 11 is 11.7. The maximum Gasteiger partial charge on any atom is 0.312 e. The van der Waals surface area contributed by atoms with Crippen LogP contribution in [0.15, 0.2) is 23.2 Å². The van der Waals surface area contributed by atoms with Crippen LogP contribution in [-0.2, 0) is 16.6 Å². The lowest BCUT2D eigenvalue weighted by molar-refractivity contribution is -0.138. The zero-order chi connectivity index (χ0) is 24.1. The lowest BCUT2D eigenvalue weighted by atomic mass is 9.98. The van der Waals surface area contributed by atoms with E-state index < -0.39 is 36.0 Å². The number of anilines is 1. The van der Waals surface area contributed by atoms with Crippen LogP contribution in [0.5, 0.6) is 5.75 Å². The van der Waals surface area contributed by atoms with Crippen LogP contribution in [0.4, 0.5) is 5.82 Å². The number of amides is 2. The quantitative estimate of drug-likeness (QED) is 0.306. The molecule has 1 aliphatic heterocycles. The smallest absolute Gasteiger partial charge is 0.312 e.